The van der Waals surface area contributed by atoms with Crippen molar-refractivity contribution < 1.29 is 19.4 Å². The van der Waals surface area contributed by atoms with Gasteiger partial charge in [-0.2, -0.15) is 0 Å². The number of aromatic carboxylic acids is 1. The van der Waals surface area contributed by atoms with E-state index in [1.54, 1.807) is 7.11 Å². The monoisotopic (exact) mass is 255 g/mol. The second-order valence-electron chi connectivity index (χ2n) is 4.02. The molecule has 0 bridgehead atoms. The van der Waals surface area contributed by atoms with Gasteiger partial charge in [0.1, 0.15) is 0 Å². The first-order valence-electron chi connectivity index (χ1n) is 5.25. The zero-order valence-electron chi connectivity index (χ0n) is 9.30. The standard InChI is InChI=1S/C11H13NO4S/c1-16-8-2-6(3-8)10(13)12-9-4-7(5-17-9)11(14)15/h4-6,8H,2-3H2,1H3,(H,12,13)(H,14,15). The van der Waals surface area contributed by atoms with Gasteiger partial charge in [0.15, 0.2) is 0 Å². The molecule has 1 aliphatic carbocycles. The van der Waals surface area contributed by atoms with Crippen LogP contribution in [0, 0.1) is 5.92 Å². The Balaban J connectivity index is 1.88. The summed E-state index contributed by atoms with van der Waals surface area (Å²) in [5, 5.41) is 13.6. The molecule has 1 saturated carbocycles. The molecule has 6 heteroatoms. The van der Waals surface area contributed by atoms with E-state index < -0.39 is 5.97 Å². The maximum atomic E-state index is 11.7. The van der Waals surface area contributed by atoms with Gasteiger partial charge in [0.2, 0.25) is 5.91 Å². The number of nitrogens with one attached hydrogen (secondary N) is 1. The fourth-order valence-electron chi connectivity index (χ4n) is 1.71. The number of anilines is 1. The molecule has 5 nitrogen and oxygen atoms in total. The molecule has 1 fully saturated rings. The number of carboxylic acid groups (broad SMARTS) is 1. The summed E-state index contributed by atoms with van der Waals surface area (Å²) >= 11 is 1.22. The predicted octanol–water partition coefficient (Wildman–Crippen LogP) is 1.81. The van der Waals surface area contributed by atoms with Crippen LogP contribution in [0.5, 0.6) is 0 Å². The van der Waals surface area contributed by atoms with Crippen LogP contribution in [0.3, 0.4) is 0 Å². The number of methoxy groups -OCH3 is 1. The largest absolute Gasteiger partial charge is 0.478 e. The summed E-state index contributed by atoms with van der Waals surface area (Å²) in [5.74, 6) is -1.06. The highest BCUT2D eigenvalue weighted by molar-refractivity contribution is 7.14. The van der Waals surface area contributed by atoms with Crippen molar-refractivity contribution in [1.29, 1.82) is 0 Å². The van der Waals surface area contributed by atoms with Crippen LogP contribution in [-0.4, -0.2) is 30.2 Å². The minimum absolute atomic E-state index is 0.0182. The third-order valence-corrected chi connectivity index (χ3v) is 3.74. The van der Waals surface area contributed by atoms with Crippen LogP contribution in [0.2, 0.25) is 0 Å². The van der Waals surface area contributed by atoms with E-state index in [9.17, 15) is 9.59 Å². The molecule has 1 aromatic rings. The number of hydrogen-bond donors (Lipinski definition) is 2. The summed E-state index contributed by atoms with van der Waals surface area (Å²) in [6.45, 7) is 0. The Bertz CT molecular complexity index is 436. The molecule has 0 unspecified atom stereocenters. The first-order chi connectivity index (χ1) is 8.10. The summed E-state index contributed by atoms with van der Waals surface area (Å²) in [7, 11) is 1.64. The van der Waals surface area contributed by atoms with Crippen molar-refractivity contribution >= 4 is 28.2 Å². The van der Waals surface area contributed by atoms with Crippen LogP contribution in [0.4, 0.5) is 5.00 Å². The minimum Gasteiger partial charge on any atom is -0.478 e. The van der Waals surface area contributed by atoms with Crippen LogP contribution in [0.1, 0.15) is 23.2 Å². The molecule has 0 atom stereocenters. The minimum atomic E-state index is -0.982. The molecule has 0 saturated heterocycles. The van der Waals surface area contributed by atoms with Gasteiger partial charge < -0.3 is 15.2 Å². The highest BCUT2D eigenvalue weighted by atomic mass is 32.1. The molecule has 2 N–H and O–H groups in total. The number of carbonyl (C=O) groups excluding carboxylic acids is 1. The Morgan fingerprint density at radius 2 is 2.24 bits per heavy atom. The molecule has 1 aromatic heterocycles. The first-order valence-corrected chi connectivity index (χ1v) is 6.13. The quantitative estimate of drug-likeness (QED) is 0.860. The van der Waals surface area contributed by atoms with E-state index in [1.807, 2.05) is 0 Å². The molecule has 0 spiro atoms. The van der Waals surface area contributed by atoms with Crippen LogP contribution in [0.15, 0.2) is 11.4 Å². The van der Waals surface area contributed by atoms with Crippen LogP contribution < -0.4 is 5.32 Å². The van der Waals surface area contributed by atoms with Crippen molar-refractivity contribution in [3.05, 3.63) is 17.0 Å². The normalized spacial score (nSPS) is 22.9. The Kier molecular flexibility index (Phi) is 3.44. The molecule has 1 aliphatic rings. The highest BCUT2D eigenvalue weighted by Gasteiger charge is 2.34. The van der Waals surface area contributed by atoms with E-state index in [4.69, 9.17) is 9.84 Å². The van der Waals surface area contributed by atoms with Gasteiger partial charge in [-0.3, -0.25) is 4.79 Å². The zero-order valence-corrected chi connectivity index (χ0v) is 10.1. The maximum absolute atomic E-state index is 11.7. The number of thiophene rings is 1. The van der Waals surface area contributed by atoms with Gasteiger partial charge in [0, 0.05) is 18.4 Å². The third kappa shape index (κ3) is 2.65. The van der Waals surface area contributed by atoms with E-state index in [0.29, 0.717) is 5.00 Å². The highest BCUT2D eigenvalue weighted by Crippen LogP contribution is 2.31. The second kappa shape index (κ2) is 4.85. The summed E-state index contributed by atoms with van der Waals surface area (Å²) < 4.78 is 5.10. The summed E-state index contributed by atoms with van der Waals surface area (Å²) in [6, 6.07) is 1.47. The molecule has 0 aromatic carbocycles. The van der Waals surface area contributed by atoms with Gasteiger partial charge in [-0.05, 0) is 18.9 Å². The SMILES string of the molecule is COC1CC(C(=O)Nc2cc(C(=O)O)cs2)C1. The lowest BCUT2D eigenvalue weighted by Gasteiger charge is -2.32. The van der Waals surface area contributed by atoms with Gasteiger partial charge >= 0.3 is 5.97 Å². The van der Waals surface area contributed by atoms with Crippen LogP contribution in [-0.2, 0) is 9.53 Å². The molecule has 1 heterocycles. The van der Waals surface area contributed by atoms with Crippen molar-refractivity contribution in [3.63, 3.8) is 0 Å². The smallest absolute Gasteiger partial charge is 0.336 e. The fourth-order valence-corrected chi connectivity index (χ4v) is 2.49. The van der Waals surface area contributed by atoms with Crippen LogP contribution >= 0.6 is 11.3 Å². The number of carbonyl (C=O) groups is 2. The summed E-state index contributed by atoms with van der Waals surface area (Å²) in [5.41, 5.74) is 0.202. The average Bonchev–Trinajstić information content (AvgIpc) is 2.64. The van der Waals surface area contributed by atoms with Crippen molar-refractivity contribution in [3.8, 4) is 0 Å². The second-order valence-corrected chi connectivity index (χ2v) is 4.93. The van der Waals surface area contributed by atoms with E-state index in [0.717, 1.165) is 12.8 Å². The maximum Gasteiger partial charge on any atom is 0.336 e. The lowest BCUT2D eigenvalue weighted by molar-refractivity contribution is -0.127. The molecule has 2 rings (SSSR count). The molecule has 0 radical (unpaired) electrons. The van der Waals surface area contributed by atoms with E-state index in [2.05, 4.69) is 5.32 Å². The number of ether oxygens (including phenoxy) is 1. The average molecular weight is 255 g/mol. The van der Waals surface area contributed by atoms with Gasteiger partial charge in [-0.1, -0.05) is 0 Å². The molecular formula is C11H13NO4S. The van der Waals surface area contributed by atoms with Crippen molar-refractivity contribution in [2.75, 3.05) is 12.4 Å². The van der Waals surface area contributed by atoms with E-state index in [-0.39, 0.29) is 23.5 Å². The van der Waals surface area contributed by atoms with Crippen molar-refractivity contribution in [1.82, 2.24) is 0 Å². The van der Waals surface area contributed by atoms with Crippen molar-refractivity contribution in [2.24, 2.45) is 5.92 Å². The number of rotatable bonds is 4. The lowest BCUT2D eigenvalue weighted by atomic mass is 9.81. The van der Waals surface area contributed by atoms with Gasteiger partial charge in [0.05, 0.1) is 16.7 Å². The van der Waals surface area contributed by atoms with Crippen molar-refractivity contribution in [2.45, 2.75) is 18.9 Å². The molecule has 17 heavy (non-hydrogen) atoms. The molecule has 0 aliphatic heterocycles. The summed E-state index contributed by atoms with van der Waals surface area (Å²) in [6.07, 6.45) is 1.66. The lowest BCUT2D eigenvalue weighted by Crippen LogP contribution is -2.38. The van der Waals surface area contributed by atoms with E-state index >= 15 is 0 Å². The topological polar surface area (TPSA) is 75.6 Å². The number of carboxylic acids is 1. The van der Waals surface area contributed by atoms with Gasteiger partial charge in [0.25, 0.3) is 0 Å². The van der Waals surface area contributed by atoms with Crippen LogP contribution in [0.25, 0.3) is 0 Å². The molecular weight excluding hydrogens is 242 g/mol. The molecule has 1 amide bonds. The van der Waals surface area contributed by atoms with E-state index in [1.165, 1.54) is 22.8 Å². The Hall–Kier alpha value is -1.40. The Morgan fingerprint density at radius 1 is 1.53 bits per heavy atom. The Labute approximate surface area is 102 Å². The Morgan fingerprint density at radius 3 is 2.76 bits per heavy atom. The first kappa shape index (κ1) is 12.1. The summed E-state index contributed by atoms with van der Waals surface area (Å²) in [4.78, 5) is 22.4. The van der Waals surface area contributed by atoms with Gasteiger partial charge in [-0.15, -0.1) is 11.3 Å². The predicted molar refractivity (Wildman–Crippen MR) is 63.4 cm³/mol. The molecule has 92 valence electrons. The fraction of sp³-hybridized carbons (Fsp3) is 0.455. The number of amides is 1. The zero-order chi connectivity index (χ0) is 12.4. The third-order valence-electron chi connectivity index (χ3n) is 2.89. The van der Waals surface area contributed by atoms with Gasteiger partial charge in [-0.25, -0.2) is 4.79 Å². The number of hydrogen-bond acceptors (Lipinski definition) is 4.